The van der Waals surface area contributed by atoms with E-state index in [0.717, 1.165) is 18.9 Å². The van der Waals surface area contributed by atoms with Crippen molar-refractivity contribution in [2.24, 2.45) is 0 Å². The molecule has 172 valence electrons. The molecule has 0 amide bonds. The van der Waals surface area contributed by atoms with Crippen LogP contribution in [-0.2, 0) is 12.8 Å². The fraction of sp³-hybridized carbons (Fsp3) is 0.280. The van der Waals surface area contributed by atoms with Crippen LogP contribution in [0.3, 0.4) is 0 Å². The molecule has 0 saturated carbocycles. The molecule has 0 unspecified atom stereocenters. The summed E-state index contributed by atoms with van der Waals surface area (Å²) in [7, 11) is 0. The van der Waals surface area contributed by atoms with Gasteiger partial charge in [-0.1, -0.05) is 26.0 Å². The van der Waals surface area contributed by atoms with Crippen LogP contribution < -0.4 is 5.32 Å². The predicted molar refractivity (Wildman–Crippen MR) is 130 cm³/mol. The number of aromatic amines is 1. The number of hydrogen-bond acceptors (Lipinski definition) is 5. The van der Waals surface area contributed by atoms with Gasteiger partial charge in [0.2, 0.25) is 0 Å². The van der Waals surface area contributed by atoms with Gasteiger partial charge in [0.25, 0.3) is 11.4 Å². The summed E-state index contributed by atoms with van der Waals surface area (Å²) in [6.07, 6.45) is 9.04. The third-order valence-electron chi connectivity index (χ3n) is 5.89. The normalized spacial score (nSPS) is 12.8. The number of nitrogens with zero attached hydrogens (tertiary/aromatic N) is 2. The number of fused-ring (bicyclic) bond motifs is 1. The van der Waals surface area contributed by atoms with Crippen LogP contribution in [0.4, 0.5) is 11.4 Å². The summed E-state index contributed by atoms with van der Waals surface area (Å²) in [4.78, 5) is 23.8. The molecule has 2 N–H and O–H groups in total. The molecule has 0 radical (unpaired) electrons. The number of hydrogen-bond donors (Lipinski definition) is 2. The van der Waals surface area contributed by atoms with E-state index >= 15 is 0 Å². The van der Waals surface area contributed by atoms with E-state index in [1.165, 1.54) is 45.4 Å². The van der Waals surface area contributed by atoms with Crippen LogP contribution in [-0.4, -0.2) is 14.8 Å². The summed E-state index contributed by atoms with van der Waals surface area (Å²) in [5, 5.41) is 25.8. The molecule has 1 aliphatic heterocycles. The summed E-state index contributed by atoms with van der Waals surface area (Å²) in [6.45, 7) is 8.81. The number of dihydropyridines is 1. The minimum atomic E-state index is -0.648. The fourth-order valence-corrected chi connectivity index (χ4v) is 4.15. The van der Waals surface area contributed by atoms with Crippen molar-refractivity contribution < 1.29 is 9.85 Å². The number of rotatable bonds is 5. The largest absolute Gasteiger partial charge is 0.368 e. The second-order valence-electron chi connectivity index (χ2n) is 7.93. The Balaban J connectivity index is 0.000000189. The van der Waals surface area contributed by atoms with Crippen molar-refractivity contribution in [2.45, 2.75) is 46.5 Å². The first-order chi connectivity index (χ1) is 15.8. The third-order valence-corrected chi connectivity index (χ3v) is 5.89. The Hall–Kier alpha value is -3.94. The lowest BCUT2D eigenvalue weighted by Crippen LogP contribution is -2.06. The molecular weight excluding hydrogens is 420 g/mol. The van der Waals surface area contributed by atoms with E-state index in [2.05, 4.69) is 50.1 Å². The Morgan fingerprint density at radius 1 is 0.939 bits per heavy atom. The number of non-ortho nitro benzene ring substituents is 1. The lowest BCUT2D eigenvalue weighted by Gasteiger charge is -2.11. The highest BCUT2D eigenvalue weighted by Gasteiger charge is 2.23. The molecule has 8 heteroatoms. The van der Waals surface area contributed by atoms with Gasteiger partial charge in [-0.15, -0.1) is 0 Å². The highest BCUT2D eigenvalue weighted by atomic mass is 16.6. The van der Waals surface area contributed by atoms with E-state index in [1.54, 1.807) is 24.6 Å². The van der Waals surface area contributed by atoms with Crippen molar-refractivity contribution >= 4 is 22.3 Å². The van der Waals surface area contributed by atoms with Crippen LogP contribution in [0.2, 0.25) is 0 Å². The molecule has 1 aromatic heterocycles. The number of aryl methyl sites for hydroxylation is 4. The highest BCUT2D eigenvalue weighted by molar-refractivity contribution is 5.86. The first kappa shape index (κ1) is 23.7. The number of H-pyrrole nitrogens is 1. The van der Waals surface area contributed by atoms with Crippen molar-refractivity contribution in [1.82, 2.24) is 10.3 Å². The molecule has 0 spiro atoms. The third kappa shape index (κ3) is 5.11. The quantitative estimate of drug-likeness (QED) is 0.360. The van der Waals surface area contributed by atoms with E-state index in [9.17, 15) is 20.2 Å². The van der Waals surface area contributed by atoms with Crippen molar-refractivity contribution in [3.05, 3.63) is 103 Å². The predicted octanol–water partition coefficient (Wildman–Crippen LogP) is 6.13. The number of nitro benzene ring substituents is 2. The van der Waals surface area contributed by atoms with Gasteiger partial charge in [0, 0.05) is 34.1 Å². The van der Waals surface area contributed by atoms with E-state index in [1.807, 2.05) is 0 Å². The summed E-state index contributed by atoms with van der Waals surface area (Å²) in [5.41, 5.74) is 6.85. The van der Waals surface area contributed by atoms with Gasteiger partial charge in [-0.05, 0) is 74.0 Å². The van der Waals surface area contributed by atoms with Gasteiger partial charge in [-0.25, -0.2) is 0 Å². The zero-order valence-electron chi connectivity index (χ0n) is 19.2. The SMILES string of the molecule is CCc1cc2c(CC)c(C)[nH]c2cc1C.O=[N+]([O-])c1ccc(C2C=CNC=C2)c([N+](=O)[O-])c1. The average molecular weight is 449 g/mol. The topological polar surface area (TPSA) is 114 Å². The van der Waals surface area contributed by atoms with Gasteiger partial charge >= 0.3 is 0 Å². The van der Waals surface area contributed by atoms with Crippen molar-refractivity contribution in [3.63, 3.8) is 0 Å². The van der Waals surface area contributed by atoms with Gasteiger partial charge < -0.3 is 10.3 Å². The summed E-state index contributed by atoms with van der Waals surface area (Å²) >= 11 is 0. The van der Waals surface area contributed by atoms with Crippen molar-refractivity contribution in [2.75, 3.05) is 0 Å². The number of allylic oxidation sites excluding steroid dienone is 2. The van der Waals surface area contributed by atoms with Crippen LogP contribution >= 0.6 is 0 Å². The molecule has 0 fully saturated rings. The van der Waals surface area contributed by atoms with Crippen molar-refractivity contribution in [1.29, 1.82) is 0 Å². The molecule has 3 aromatic rings. The minimum Gasteiger partial charge on any atom is -0.368 e. The van der Waals surface area contributed by atoms with E-state index in [-0.39, 0.29) is 17.3 Å². The minimum absolute atomic E-state index is 0.245. The highest BCUT2D eigenvalue weighted by Crippen LogP contribution is 2.32. The van der Waals surface area contributed by atoms with E-state index in [4.69, 9.17) is 0 Å². The Labute approximate surface area is 192 Å². The molecular formula is C25H28N4O4. The van der Waals surface area contributed by atoms with Gasteiger partial charge in [-0.2, -0.15) is 0 Å². The fourth-order valence-electron chi connectivity index (χ4n) is 4.15. The van der Waals surface area contributed by atoms with E-state index in [0.29, 0.717) is 5.56 Å². The van der Waals surface area contributed by atoms with Crippen molar-refractivity contribution in [3.8, 4) is 0 Å². The first-order valence-corrected chi connectivity index (χ1v) is 10.9. The maximum atomic E-state index is 11.0. The van der Waals surface area contributed by atoms with Gasteiger partial charge in [0.1, 0.15) is 0 Å². The number of aromatic nitrogens is 1. The van der Waals surface area contributed by atoms with Gasteiger partial charge in [0.05, 0.1) is 15.9 Å². The summed E-state index contributed by atoms with van der Waals surface area (Å²) in [6, 6.07) is 8.30. The molecule has 4 rings (SSSR count). The Morgan fingerprint density at radius 3 is 2.21 bits per heavy atom. The van der Waals surface area contributed by atoms with E-state index < -0.39 is 9.85 Å². The number of benzene rings is 2. The van der Waals surface area contributed by atoms with Gasteiger partial charge in [-0.3, -0.25) is 20.2 Å². The molecule has 0 bridgehead atoms. The Morgan fingerprint density at radius 2 is 1.64 bits per heavy atom. The second kappa shape index (κ2) is 10.1. The summed E-state index contributed by atoms with van der Waals surface area (Å²) in [5.74, 6) is -0.257. The zero-order valence-corrected chi connectivity index (χ0v) is 19.2. The van der Waals surface area contributed by atoms with Crippen LogP contribution in [0.5, 0.6) is 0 Å². The molecule has 1 aliphatic rings. The zero-order chi connectivity index (χ0) is 24.1. The lowest BCUT2D eigenvalue weighted by atomic mass is 9.96. The molecule has 0 aliphatic carbocycles. The smallest absolute Gasteiger partial charge is 0.280 e. The lowest BCUT2D eigenvalue weighted by molar-refractivity contribution is -0.394. The first-order valence-electron chi connectivity index (χ1n) is 10.9. The Kier molecular flexibility index (Phi) is 7.27. The molecule has 0 saturated heterocycles. The molecule has 33 heavy (non-hydrogen) atoms. The maximum absolute atomic E-state index is 11.0. The summed E-state index contributed by atoms with van der Waals surface area (Å²) < 4.78 is 0. The standard InChI is InChI=1S/C14H19N.C11H9N3O4/c1-5-11-8-13-12(6-2)10(4)15-14(13)7-9(11)3;15-13(16)9-1-2-10(11(7-9)14(17)18)8-3-5-12-6-4-8/h7-8,15H,5-6H2,1-4H3;1-8,12H. The molecule has 0 atom stereocenters. The second-order valence-corrected chi connectivity index (χ2v) is 7.93. The van der Waals surface area contributed by atoms with Crippen LogP contribution in [0.25, 0.3) is 10.9 Å². The molecule has 2 aromatic carbocycles. The van der Waals surface area contributed by atoms with Crippen LogP contribution in [0, 0.1) is 34.1 Å². The van der Waals surface area contributed by atoms with Crippen LogP contribution in [0.1, 0.15) is 47.7 Å². The molecule has 8 nitrogen and oxygen atoms in total. The monoisotopic (exact) mass is 448 g/mol. The molecule has 2 heterocycles. The maximum Gasteiger partial charge on any atom is 0.280 e. The van der Waals surface area contributed by atoms with Gasteiger partial charge in [0.15, 0.2) is 0 Å². The number of nitrogens with one attached hydrogen (secondary N) is 2. The number of nitro groups is 2. The average Bonchev–Trinajstić information content (AvgIpc) is 3.12. The Bertz CT molecular complexity index is 1250. The van der Waals surface area contributed by atoms with Crippen LogP contribution in [0.15, 0.2) is 54.9 Å².